The maximum absolute atomic E-state index is 11.6. The van der Waals surface area contributed by atoms with Crippen LogP contribution in [0, 0.1) is 0 Å². The van der Waals surface area contributed by atoms with E-state index >= 15 is 0 Å². The smallest absolute Gasteiger partial charge is 0.236 e. The van der Waals surface area contributed by atoms with Gasteiger partial charge in [0, 0.05) is 17.8 Å². The van der Waals surface area contributed by atoms with Crippen LogP contribution in [0.5, 0.6) is 0 Å². The van der Waals surface area contributed by atoms with E-state index in [9.17, 15) is 4.79 Å². The molecule has 16 heavy (non-hydrogen) atoms. The summed E-state index contributed by atoms with van der Waals surface area (Å²) in [5.41, 5.74) is 0. The molecule has 0 aromatic heterocycles. The monoisotopic (exact) mass is 244 g/mol. The third-order valence-electron chi connectivity index (χ3n) is 3.42. The summed E-state index contributed by atoms with van der Waals surface area (Å²) >= 11 is 1.95. The summed E-state index contributed by atoms with van der Waals surface area (Å²) in [6, 6.07) is -0.0791. The normalized spacial score (nSPS) is 20.7. The molecule has 0 bridgehead atoms. The highest BCUT2D eigenvalue weighted by Crippen LogP contribution is 2.39. The van der Waals surface area contributed by atoms with Crippen molar-refractivity contribution in [2.45, 2.75) is 50.3 Å². The van der Waals surface area contributed by atoms with E-state index in [4.69, 9.17) is 0 Å². The maximum Gasteiger partial charge on any atom is 0.236 e. The second-order valence-corrected chi connectivity index (χ2v) is 5.87. The van der Waals surface area contributed by atoms with Crippen molar-refractivity contribution in [3.05, 3.63) is 0 Å². The summed E-state index contributed by atoms with van der Waals surface area (Å²) in [5, 5.41) is 6.21. The fraction of sp³-hybridized carbons (Fsp3) is 0.917. The van der Waals surface area contributed by atoms with Gasteiger partial charge in [-0.2, -0.15) is 11.8 Å². The van der Waals surface area contributed by atoms with E-state index in [1.165, 1.54) is 25.7 Å². The molecule has 0 spiro atoms. The Bertz CT molecular complexity index is 227. The molecule has 0 aliphatic heterocycles. The summed E-state index contributed by atoms with van der Waals surface area (Å²) in [7, 11) is 0. The Balaban J connectivity index is 2.34. The van der Waals surface area contributed by atoms with Crippen LogP contribution in [0.4, 0.5) is 0 Å². The van der Waals surface area contributed by atoms with Gasteiger partial charge in [0.1, 0.15) is 0 Å². The molecule has 1 amide bonds. The Morgan fingerprint density at radius 3 is 2.56 bits per heavy atom. The molecule has 94 valence electrons. The van der Waals surface area contributed by atoms with Gasteiger partial charge in [0.15, 0.2) is 0 Å². The van der Waals surface area contributed by atoms with Crippen LogP contribution >= 0.6 is 11.8 Å². The molecular weight excluding hydrogens is 220 g/mol. The lowest BCUT2D eigenvalue weighted by Crippen LogP contribution is -2.47. The van der Waals surface area contributed by atoms with Gasteiger partial charge in [-0.25, -0.2) is 0 Å². The minimum Gasteiger partial charge on any atom is -0.355 e. The molecule has 1 rings (SSSR count). The standard InChI is InChI=1S/C12H24N2OS/c1-4-13-11(15)10(2)14-9-12(16-3)7-5-6-8-12/h10,14H,4-9H2,1-3H3,(H,13,15). The minimum atomic E-state index is -0.0791. The van der Waals surface area contributed by atoms with Gasteiger partial charge >= 0.3 is 0 Å². The summed E-state index contributed by atoms with van der Waals surface area (Å²) in [5.74, 6) is 0.108. The van der Waals surface area contributed by atoms with Crippen molar-refractivity contribution in [3.63, 3.8) is 0 Å². The highest BCUT2D eigenvalue weighted by Gasteiger charge is 2.33. The van der Waals surface area contributed by atoms with Crippen LogP contribution in [0.1, 0.15) is 39.5 Å². The van der Waals surface area contributed by atoms with Gasteiger partial charge in [-0.1, -0.05) is 12.8 Å². The SMILES string of the molecule is CCNC(=O)C(C)NCC1(SC)CCCC1. The number of carbonyl (C=O) groups excluding carboxylic acids is 1. The summed E-state index contributed by atoms with van der Waals surface area (Å²) in [4.78, 5) is 11.6. The molecule has 2 N–H and O–H groups in total. The van der Waals surface area contributed by atoms with Crippen molar-refractivity contribution in [1.29, 1.82) is 0 Å². The van der Waals surface area contributed by atoms with Crippen molar-refractivity contribution < 1.29 is 4.79 Å². The van der Waals surface area contributed by atoms with E-state index in [0.717, 1.165) is 6.54 Å². The summed E-state index contributed by atoms with van der Waals surface area (Å²) in [6.07, 6.45) is 7.41. The van der Waals surface area contributed by atoms with Gasteiger partial charge in [0.05, 0.1) is 6.04 Å². The molecular formula is C12H24N2OS. The summed E-state index contributed by atoms with van der Waals surface area (Å²) in [6.45, 7) is 5.55. The predicted molar refractivity (Wildman–Crippen MR) is 70.9 cm³/mol. The lowest BCUT2D eigenvalue weighted by atomic mass is 10.1. The van der Waals surface area contributed by atoms with E-state index in [2.05, 4.69) is 16.9 Å². The van der Waals surface area contributed by atoms with Crippen LogP contribution in [0.2, 0.25) is 0 Å². The zero-order chi connectivity index (χ0) is 12.0. The van der Waals surface area contributed by atoms with E-state index in [0.29, 0.717) is 11.3 Å². The Morgan fingerprint density at radius 2 is 2.06 bits per heavy atom. The average Bonchev–Trinajstić information content (AvgIpc) is 2.75. The number of thioether (sulfide) groups is 1. The first-order valence-electron chi connectivity index (χ1n) is 6.20. The Labute approximate surface area is 103 Å². The first-order valence-corrected chi connectivity index (χ1v) is 7.42. The number of likely N-dealkylation sites (N-methyl/N-ethyl adjacent to an activating group) is 1. The fourth-order valence-electron chi connectivity index (χ4n) is 2.23. The zero-order valence-electron chi connectivity index (χ0n) is 10.6. The molecule has 1 aliphatic rings. The molecule has 4 heteroatoms. The van der Waals surface area contributed by atoms with E-state index in [1.807, 2.05) is 25.6 Å². The van der Waals surface area contributed by atoms with Crippen LogP contribution in [0.3, 0.4) is 0 Å². The van der Waals surface area contributed by atoms with Crippen molar-refractivity contribution in [1.82, 2.24) is 10.6 Å². The summed E-state index contributed by atoms with van der Waals surface area (Å²) < 4.78 is 0.376. The zero-order valence-corrected chi connectivity index (χ0v) is 11.5. The van der Waals surface area contributed by atoms with Crippen molar-refractivity contribution in [2.75, 3.05) is 19.3 Å². The molecule has 1 unspecified atom stereocenters. The Morgan fingerprint density at radius 1 is 1.44 bits per heavy atom. The van der Waals surface area contributed by atoms with Gasteiger partial charge in [-0.15, -0.1) is 0 Å². The highest BCUT2D eigenvalue weighted by atomic mass is 32.2. The first kappa shape index (κ1) is 13.8. The number of carbonyl (C=O) groups is 1. The van der Waals surface area contributed by atoms with Gasteiger partial charge in [0.2, 0.25) is 5.91 Å². The van der Waals surface area contributed by atoms with Gasteiger partial charge < -0.3 is 10.6 Å². The molecule has 3 nitrogen and oxygen atoms in total. The maximum atomic E-state index is 11.6. The van der Waals surface area contributed by atoms with Crippen molar-refractivity contribution >= 4 is 17.7 Å². The topological polar surface area (TPSA) is 41.1 Å². The van der Waals surface area contributed by atoms with Gasteiger partial charge in [-0.05, 0) is 32.9 Å². The first-order chi connectivity index (χ1) is 7.63. The van der Waals surface area contributed by atoms with Crippen LogP contribution in [0.15, 0.2) is 0 Å². The third kappa shape index (κ3) is 3.67. The largest absolute Gasteiger partial charge is 0.355 e. The molecule has 1 saturated carbocycles. The quantitative estimate of drug-likeness (QED) is 0.748. The number of nitrogens with one attached hydrogen (secondary N) is 2. The van der Waals surface area contributed by atoms with Crippen molar-refractivity contribution in [3.8, 4) is 0 Å². The highest BCUT2D eigenvalue weighted by molar-refractivity contribution is 8.00. The van der Waals surface area contributed by atoms with Crippen LogP contribution in [0.25, 0.3) is 0 Å². The average molecular weight is 244 g/mol. The number of hydrogen-bond acceptors (Lipinski definition) is 3. The van der Waals surface area contributed by atoms with Crippen LogP contribution < -0.4 is 10.6 Å². The lowest BCUT2D eigenvalue weighted by Gasteiger charge is -2.28. The van der Waals surface area contributed by atoms with Crippen LogP contribution in [-0.4, -0.2) is 36.0 Å². The second kappa shape index (κ2) is 6.50. The van der Waals surface area contributed by atoms with Gasteiger partial charge in [-0.3, -0.25) is 4.79 Å². The molecule has 0 aromatic rings. The Kier molecular flexibility index (Phi) is 5.62. The lowest BCUT2D eigenvalue weighted by molar-refractivity contribution is -0.122. The molecule has 0 aromatic carbocycles. The van der Waals surface area contributed by atoms with E-state index in [-0.39, 0.29) is 11.9 Å². The molecule has 0 heterocycles. The molecule has 1 fully saturated rings. The molecule has 0 radical (unpaired) electrons. The third-order valence-corrected chi connectivity index (χ3v) is 4.84. The molecule has 1 atom stereocenters. The molecule has 1 aliphatic carbocycles. The fourth-order valence-corrected chi connectivity index (χ4v) is 3.16. The minimum absolute atomic E-state index is 0.0791. The number of rotatable bonds is 6. The van der Waals surface area contributed by atoms with E-state index < -0.39 is 0 Å². The second-order valence-electron chi connectivity index (χ2n) is 4.59. The molecule has 0 saturated heterocycles. The number of amides is 1. The number of hydrogen-bond donors (Lipinski definition) is 2. The van der Waals surface area contributed by atoms with Crippen LogP contribution in [-0.2, 0) is 4.79 Å². The van der Waals surface area contributed by atoms with Crippen molar-refractivity contribution in [2.24, 2.45) is 0 Å². The Hall–Kier alpha value is -0.220. The van der Waals surface area contributed by atoms with Gasteiger partial charge in [0.25, 0.3) is 0 Å². The predicted octanol–water partition coefficient (Wildman–Crippen LogP) is 1.78. The van der Waals surface area contributed by atoms with E-state index in [1.54, 1.807) is 0 Å².